The lowest BCUT2D eigenvalue weighted by molar-refractivity contribution is -0.144. The molecule has 1 atom stereocenters. The van der Waals surface area contributed by atoms with Crippen molar-refractivity contribution in [3.8, 4) is 5.75 Å². The van der Waals surface area contributed by atoms with Crippen molar-refractivity contribution in [2.24, 2.45) is 5.92 Å². The first-order valence-electron chi connectivity index (χ1n) is 5.89. The normalized spacial score (nSPS) is 17.6. The smallest absolute Gasteiger partial charge is 0.329 e. The molecule has 1 unspecified atom stereocenters. The second-order valence-electron chi connectivity index (χ2n) is 4.90. The fraction of sp³-hybridized carbons (Fsp3) is 0.385. The summed E-state index contributed by atoms with van der Waals surface area (Å²) < 4.78 is 0. The average Bonchev–Trinajstić information content (AvgIpc) is 3.11. The first kappa shape index (κ1) is 13.7. The van der Waals surface area contributed by atoms with Crippen LogP contribution >= 0.6 is 11.6 Å². The summed E-state index contributed by atoms with van der Waals surface area (Å²) in [5.74, 6) is -2.03. The molecule has 1 aliphatic rings. The van der Waals surface area contributed by atoms with Gasteiger partial charge in [0.15, 0.2) is 0 Å². The van der Waals surface area contributed by atoms with Crippen LogP contribution in [0.4, 0.5) is 0 Å². The Kier molecular flexibility index (Phi) is 3.41. The number of phenolic OH excluding ortho intramolecular Hbond substituents is 1. The Labute approximate surface area is 115 Å². The van der Waals surface area contributed by atoms with E-state index in [1.165, 1.54) is 25.1 Å². The molecule has 0 spiro atoms. The molecular formula is C13H14ClNO4. The zero-order chi connectivity index (χ0) is 14.2. The van der Waals surface area contributed by atoms with E-state index in [1.807, 2.05) is 0 Å². The molecule has 0 aliphatic heterocycles. The zero-order valence-corrected chi connectivity index (χ0v) is 11.1. The Hall–Kier alpha value is -1.75. The summed E-state index contributed by atoms with van der Waals surface area (Å²) in [6, 6.07) is 4.07. The third-order valence-electron chi connectivity index (χ3n) is 3.42. The minimum Gasteiger partial charge on any atom is -0.507 e. The van der Waals surface area contributed by atoms with Crippen LogP contribution < -0.4 is 5.32 Å². The molecule has 1 aromatic rings. The van der Waals surface area contributed by atoms with E-state index >= 15 is 0 Å². The molecule has 6 heteroatoms. The van der Waals surface area contributed by atoms with Gasteiger partial charge < -0.3 is 15.5 Å². The number of phenols is 1. The number of aromatic hydroxyl groups is 1. The molecule has 5 nitrogen and oxygen atoms in total. The van der Waals surface area contributed by atoms with Crippen molar-refractivity contribution in [3.05, 3.63) is 28.8 Å². The van der Waals surface area contributed by atoms with E-state index in [2.05, 4.69) is 5.32 Å². The van der Waals surface area contributed by atoms with Crippen molar-refractivity contribution in [3.63, 3.8) is 0 Å². The Bertz CT molecular complexity index is 541. The van der Waals surface area contributed by atoms with Gasteiger partial charge in [0, 0.05) is 5.02 Å². The van der Waals surface area contributed by atoms with Gasteiger partial charge in [-0.1, -0.05) is 11.6 Å². The maximum absolute atomic E-state index is 12.1. The molecule has 1 amide bonds. The molecule has 19 heavy (non-hydrogen) atoms. The van der Waals surface area contributed by atoms with Crippen LogP contribution in [0.1, 0.15) is 30.1 Å². The van der Waals surface area contributed by atoms with E-state index in [4.69, 9.17) is 11.6 Å². The number of carbonyl (C=O) groups is 2. The fourth-order valence-corrected chi connectivity index (χ4v) is 2.16. The first-order valence-corrected chi connectivity index (χ1v) is 6.27. The second kappa shape index (κ2) is 4.74. The molecule has 1 aromatic carbocycles. The van der Waals surface area contributed by atoms with Gasteiger partial charge in [-0.15, -0.1) is 0 Å². The van der Waals surface area contributed by atoms with Crippen LogP contribution in [-0.2, 0) is 4.79 Å². The van der Waals surface area contributed by atoms with Gasteiger partial charge >= 0.3 is 5.97 Å². The highest BCUT2D eigenvalue weighted by molar-refractivity contribution is 6.30. The standard InChI is InChI=1S/C13H14ClNO4/c1-13(12(18)19,7-2-3-7)15-11(17)9-5-4-8(14)6-10(9)16/h4-7,16H,2-3H2,1H3,(H,15,17)(H,18,19). The number of aliphatic carboxylic acids is 1. The van der Waals surface area contributed by atoms with Crippen molar-refractivity contribution in [1.29, 1.82) is 0 Å². The van der Waals surface area contributed by atoms with Crippen molar-refractivity contribution >= 4 is 23.5 Å². The number of carboxylic acids is 1. The Morgan fingerprint density at radius 2 is 2.05 bits per heavy atom. The van der Waals surface area contributed by atoms with Crippen LogP contribution in [0.2, 0.25) is 5.02 Å². The largest absolute Gasteiger partial charge is 0.507 e. The first-order chi connectivity index (χ1) is 8.84. The Morgan fingerprint density at radius 3 is 2.53 bits per heavy atom. The number of hydrogen-bond donors (Lipinski definition) is 3. The summed E-state index contributed by atoms with van der Waals surface area (Å²) in [7, 11) is 0. The van der Waals surface area contributed by atoms with Gasteiger partial charge in [-0.3, -0.25) is 4.79 Å². The SMILES string of the molecule is CC(NC(=O)c1ccc(Cl)cc1O)(C(=O)O)C1CC1. The third-order valence-corrected chi connectivity index (χ3v) is 3.65. The van der Waals surface area contributed by atoms with E-state index in [0.29, 0.717) is 5.02 Å². The molecule has 3 N–H and O–H groups in total. The van der Waals surface area contributed by atoms with Crippen LogP contribution in [0, 0.1) is 5.92 Å². The minimum absolute atomic E-state index is 0.0116. The number of halogens is 1. The zero-order valence-electron chi connectivity index (χ0n) is 10.3. The van der Waals surface area contributed by atoms with Crippen LogP contribution in [0.5, 0.6) is 5.75 Å². The predicted molar refractivity (Wildman–Crippen MR) is 69.3 cm³/mol. The number of benzene rings is 1. The molecule has 0 radical (unpaired) electrons. The highest BCUT2D eigenvalue weighted by atomic mass is 35.5. The molecule has 1 saturated carbocycles. The van der Waals surface area contributed by atoms with Crippen LogP contribution in [-0.4, -0.2) is 27.6 Å². The van der Waals surface area contributed by atoms with Crippen molar-refractivity contribution < 1.29 is 19.8 Å². The van der Waals surface area contributed by atoms with E-state index in [1.54, 1.807) is 0 Å². The van der Waals surface area contributed by atoms with Gasteiger partial charge in [-0.25, -0.2) is 4.79 Å². The number of nitrogens with one attached hydrogen (secondary N) is 1. The van der Waals surface area contributed by atoms with E-state index in [0.717, 1.165) is 12.8 Å². The number of carboxylic acid groups (broad SMARTS) is 1. The Morgan fingerprint density at radius 1 is 1.42 bits per heavy atom. The molecule has 102 valence electrons. The molecule has 0 aromatic heterocycles. The quantitative estimate of drug-likeness (QED) is 0.789. The van der Waals surface area contributed by atoms with Gasteiger partial charge in [-0.2, -0.15) is 0 Å². The van der Waals surface area contributed by atoms with E-state index in [-0.39, 0.29) is 17.2 Å². The van der Waals surface area contributed by atoms with E-state index < -0.39 is 17.4 Å². The summed E-state index contributed by atoms with van der Waals surface area (Å²) in [6.45, 7) is 1.48. The summed E-state index contributed by atoms with van der Waals surface area (Å²) >= 11 is 5.68. The summed E-state index contributed by atoms with van der Waals surface area (Å²) in [5.41, 5.74) is -1.29. The molecule has 0 heterocycles. The van der Waals surface area contributed by atoms with Gasteiger partial charge in [0.05, 0.1) is 5.56 Å². The molecule has 0 saturated heterocycles. The third kappa shape index (κ3) is 2.66. The maximum atomic E-state index is 12.1. The van der Waals surface area contributed by atoms with Gasteiger partial charge in [0.2, 0.25) is 0 Å². The second-order valence-corrected chi connectivity index (χ2v) is 5.33. The molecule has 1 aliphatic carbocycles. The number of amides is 1. The number of hydrogen-bond acceptors (Lipinski definition) is 3. The van der Waals surface area contributed by atoms with Gasteiger partial charge in [-0.05, 0) is 43.9 Å². The van der Waals surface area contributed by atoms with Crippen LogP contribution in [0.3, 0.4) is 0 Å². The van der Waals surface area contributed by atoms with E-state index in [9.17, 15) is 19.8 Å². The minimum atomic E-state index is -1.30. The van der Waals surface area contributed by atoms with Crippen molar-refractivity contribution in [1.82, 2.24) is 5.32 Å². The molecule has 1 fully saturated rings. The van der Waals surface area contributed by atoms with Crippen molar-refractivity contribution in [2.45, 2.75) is 25.3 Å². The molecule has 2 rings (SSSR count). The molecular weight excluding hydrogens is 270 g/mol. The highest BCUT2D eigenvalue weighted by Gasteiger charge is 2.48. The fourth-order valence-electron chi connectivity index (χ4n) is 1.99. The lowest BCUT2D eigenvalue weighted by atomic mass is 9.95. The summed E-state index contributed by atoms with van der Waals surface area (Å²) in [6.07, 6.45) is 1.55. The number of rotatable bonds is 4. The van der Waals surface area contributed by atoms with Crippen LogP contribution in [0.15, 0.2) is 18.2 Å². The van der Waals surface area contributed by atoms with Gasteiger partial charge in [0.25, 0.3) is 5.91 Å². The summed E-state index contributed by atoms with van der Waals surface area (Å²) in [4.78, 5) is 23.4. The maximum Gasteiger partial charge on any atom is 0.329 e. The highest BCUT2D eigenvalue weighted by Crippen LogP contribution is 2.40. The monoisotopic (exact) mass is 283 g/mol. The van der Waals surface area contributed by atoms with Gasteiger partial charge in [0.1, 0.15) is 11.3 Å². The summed E-state index contributed by atoms with van der Waals surface area (Å²) in [5, 5.41) is 21.7. The number of carbonyl (C=O) groups excluding carboxylic acids is 1. The topological polar surface area (TPSA) is 86.6 Å². The van der Waals surface area contributed by atoms with Crippen molar-refractivity contribution in [2.75, 3.05) is 0 Å². The van der Waals surface area contributed by atoms with Crippen LogP contribution in [0.25, 0.3) is 0 Å². The predicted octanol–water partition coefficient (Wildman–Crippen LogP) is 2.03. The molecule has 0 bridgehead atoms. The Balaban J connectivity index is 2.22. The average molecular weight is 284 g/mol. The lowest BCUT2D eigenvalue weighted by Gasteiger charge is -2.26. The lowest BCUT2D eigenvalue weighted by Crippen LogP contribution is -2.54.